The van der Waals surface area contributed by atoms with Gasteiger partial charge in [0, 0.05) is 11.5 Å². The summed E-state index contributed by atoms with van der Waals surface area (Å²) in [7, 11) is 0. The van der Waals surface area contributed by atoms with E-state index in [9.17, 15) is 9.59 Å². The molecule has 0 saturated heterocycles. The highest BCUT2D eigenvalue weighted by atomic mass is 35.5. The van der Waals surface area contributed by atoms with Gasteiger partial charge in [-0.1, -0.05) is 93.9 Å². The fraction of sp³-hybridized carbons (Fsp3) is 0.429. The van der Waals surface area contributed by atoms with Gasteiger partial charge < -0.3 is 15.8 Å². The molecule has 1 saturated carbocycles. The van der Waals surface area contributed by atoms with Crippen molar-refractivity contribution in [2.45, 2.75) is 81.9 Å². The van der Waals surface area contributed by atoms with Crippen LogP contribution in [0, 0.1) is 11.8 Å². The van der Waals surface area contributed by atoms with Gasteiger partial charge in [-0.15, -0.1) is 18.2 Å². The van der Waals surface area contributed by atoms with Crippen molar-refractivity contribution in [3.05, 3.63) is 96.6 Å². The Morgan fingerprint density at radius 1 is 1.07 bits per heavy atom. The highest BCUT2D eigenvalue weighted by molar-refractivity contribution is 6.20. The van der Waals surface area contributed by atoms with Crippen molar-refractivity contribution < 1.29 is 14.3 Å². The van der Waals surface area contributed by atoms with E-state index in [0.717, 1.165) is 19.3 Å². The first kappa shape index (κ1) is 30.8. The van der Waals surface area contributed by atoms with E-state index in [0.29, 0.717) is 24.3 Å². The lowest BCUT2D eigenvalue weighted by Gasteiger charge is -2.45. The molecule has 6 heteroatoms. The van der Waals surface area contributed by atoms with Crippen molar-refractivity contribution in [1.82, 2.24) is 5.32 Å². The number of hydrogen-bond donors (Lipinski definition) is 2. The SMILES string of the molecule is C=C[C@@](CCCC(N)Cl)(NC(=O)c1ccccc1)C(=O)O[C@@H]1C[C@H](C)CC[C@H]1C(C)(C)c1ccc2ccccc2c1. The lowest BCUT2D eigenvalue weighted by molar-refractivity contribution is -0.162. The topological polar surface area (TPSA) is 81.4 Å². The van der Waals surface area contributed by atoms with Gasteiger partial charge in [0.1, 0.15) is 6.10 Å². The van der Waals surface area contributed by atoms with Crippen LogP contribution in [0.25, 0.3) is 10.8 Å². The zero-order chi connectivity index (χ0) is 29.6. The quantitative estimate of drug-likeness (QED) is 0.107. The molecule has 1 fully saturated rings. The highest BCUT2D eigenvalue weighted by Crippen LogP contribution is 2.44. The first-order valence-electron chi connectivity index (χ1n) is 14.7. The number of benzene rings is 3. The fourth-order valence-corrected chi connectivity index (χ4v) is 6.38. The third-order valence-corrected chi connectivity index (χ3v) is 9.09. The molecule has 5 nitrogen and oxygen atoms in total. The smallest absolute Gasteiger partial charge is 0.336 e. The van der Waals surface area contributed by atoms with Crippen LogP contribution in [0.3, 0.4) is 0 Å². The number of nitrogens with one attached hydrogen (secondary N) is 1. The number of ether oxygens (including phenoxy) is 1. The molecule has 1 aliphatic rings. The maximum atomic E-state index is 14.1. The lowest BCUT2D eigenvalue weighted by atomic mass is 9.64. The number of amides is 1. The van der Waals surface area contributed by atoms with E-state index in [1.54, 1.807) is 24.3 Å². The van der Waals surface area contributed by atoms with Gasteiger partial charge in [-0.3, -0.25) is 4.79 Å². The van der Waals surface area contributed by atoms with Crippen LogP contribution in [0.4, 0.5) is 0 Å². The minimum Gasteiger partial charge on any atom is -0.460 e. The molecule has 0 aliphatic heterocycles. The Bertz CT molecular complexity index is 1360. The Morgan fingerprint density at radius 2 is 1.76 bits per heavy atom. The molecule has 0 bridgehead atoms. The van der Waals surface area contributed by atoms with Crippen LogP contribution in [-0.4, -0.2) is 29.0 Å². The standard InChI is InChI=1S/C35H43ClN2O3/c1-5-35(21-11-16-31(36)37,38-32(39)26-13-7-6-8-14-26)33(40)41-30-22-24(2)17-20-29(30)34(3,4)28-19-18-25-12-9-10-15-27(25)23-28/h5-10,12-15,18-19,23-24,29-31H,1,11,16-17,20-22,37H2,2-4H3,(H,38,39)/t24-,29-,30-,31?,35+/m1/s1. The van der Waals surface area contributed by atoms with Gasteiger partial charge >= 0.3 is 5.97 Å². The molecule has 3 aromatic rings. The molecule has 1 aliphatic carbocycles. The number of carbonyl (C=O) groups excluding carboxylic acids is 2. The van der Waals surface area contributed by atoms with Crippen LogP contribution < -0.4 is 11.1 Å². The molecule has 1 amide bonds. The Balaban J connectivity index is 1.62. The van der Waals surface area contributed by atoms with Gasteiger partial charge in [-0.05, 0) is 71.9 Å². The zero-order valence-electron chi connectivity index (χ0n) is 24.4. The van der Waals surface area contributed by atoms with Crippen molar-refractivity contribution in [2.75, 3.05) is 0 Å². The van der Waals surface area contributed by atoms with Crippen LogP contribution in [0.1, 0.15) is 75.2 Å². The molecule has 5 atom stereocenters. The zero-order valence-corrected chi connectivity index (χ0v) is 25.2. The molecule has 0 radical (unpaired) electrons. The van der Waals surface area contributed by atoms with E-state index in [-0.39, 0.29) is 29.8 Å². The van der Waals surface area contributed by atoms with Crippen molar-refractivity contribution >= 4 is 34.2 Å². The van der Waals surface area contributed by atoms with Crippen LogP contribution in [0.2, 0.25) is 0 Å². The maximum absolute atomic E-state index is 14.1. The molecule has 1 unspecified atom stereocenters. The van der Waals surface area contributed by atoms with E-state index in [1.165, 1.54) is 22.4 Å². The number of halogens is 1. The van der Waals surface area contributed by atoms with Gasteiger partial charge in [-0.25, -0.2) is 4.79 Å². The average molecular weight is 575 g/mol. The van der Waals surface area contributed by atoms with Gasteiger partial charge in [0.15, 0.2) is 5.54 Å². The summed E-state index contributed by atoms with van der Waals surface area (Å²) >= 11 is 6.01. The largest absolute Gasteiger partial charge is 0.460 e. The molecule has 3 N–H and O–H groups in total. The van der Waals surface area contributed by atoms with Gasteiger partial charge in [0.25, 0.3) is 5.91 Å². The van der Waals surface area contributed by atoms with Crippen molar-refractivity contribution in [3.63, 3.8) is 0 Å². The van der Waals surface area contributed by atoms with Crippen molar-refractivity contribution in [1.29, 1.82) is 0 Å². The summed E-state index contributed by atoms with van der Waals surface area (Å²) < 4.78 is 6.43. The number of nitrogens with two attached hydrogens (primary N) is 1. The average Bonchev–Trinajstić information content (AvgIpc) is 2.96. The molecule has 4 rings (SSSR count). The maximum Gasteiger partial charge on any atom is 0.336 e. The molecule has 41 heavy (non-hydrogen) atoms. The number of alkyl halides is 1. The normalized spacial score (nSPS) is 21.4. The summed E-state index contributed by atoms with van der Waals surface area (Å²) in [6, 6.07) is 23.8. The summed E-state index contributed by atoms with van der Waals surface area (Å²) in [5.41, 5.74) is 5.28. The van der Waals surface area contributed by atoms with Crippen LogP contribution >= 0.6 is 11.6 Å². The predicted octanol–water partition coefficient (Wildman–Crippen LogP) is 7.51. The number of fused-ring (bicyclic) bond motifs is 1. The molecule has 0 spiro atoms. The lowest BCUT2D eigenvalue weighted by Crippen LogP contribution is -2.56. The minimum atomic E-state index is -1.41. The van der Waals surface area contributed by atoms with Gasteiger partial charge in [-0.2, -0.15) is 0 Å². The number of carbonyl (C=O) groups is 2. The summed E-state index contributed by atoms with van der Waals surface area (Å²) in [5.74, 6) is -0.323. The second-order valence-electron chi connectivity index (χ2n) is 12.2. The van der Waals surface area contributed by atoms with Crippen molar-refractivity contribution in [2.24, 2.45) is 17.6 Å². The Hall–Kier alpha value is -3.15. The summed E-state index contributed by atoms with van der Waals surface area (Å²) in [4.78, 5) is 27.4. The molecule has 0 heterocycles. The Labute approximate surface area is 249 Å². The van der Waals surface area contributed by atoms with E-state index in [4.69, 9.17) is 22.1 Å². The second kappa shape index (κ2) is 13.2. The van der Waals surface area contributed by atoms with Gasteiger partial charge in [0.05, 0.1) is 5.50 Å². The summed E-state index contributed by atoms with van der Waals surface area (Å²) in [5, 5.41) is 5.36. The first-order chi connectivity index (χ1) is 19.6. The van der Waals surface area contributed by atoms with E-state index in [2.05, 4.69) is 75.1 Å². The number of rotatable bonds is 11. The summed E-state index contributed by atoms with van der Waals surface area (Å²) in [6.45, 7) is 10.7. The minimum absolute atomic E-state index is 0.104. The van der Waals surface area contributed by atoms with E-state index >= 15 is 0 Å². The number of esters is 1. The second-order valence-corrected chi connectivity index (χ2v) is 12.7. The van der Waals surface area contributed by atoms with E-state index < -0.39 is 17.0 Å². The molecule has 3 aromatic carbocycles. The Morgan fingerprint density at radius 3 is 2.44 bits per heavy atom. The first-order valence-corrected chi connectivity index (χ1v) is 15.1. The third-order valence-electron chi connectivity index (χ3n) is 8.87. The van der Waals surface area contributed by atoms with Crippen molar-refractivity contribution in [3.8, 4) is 0 Å². The van der Waals surface area contributed by atoms with E-state index in [1.807, 2.05) is 6.07 Å². The molecule has 0 aromatic heterocycles. The molecular weight excluding hydrogens is 532 g/mol. The number of hydrogen-bond acceptors (Lipinski definition) is 4. The summed E-state index contributed by atoms with van der Waals surface area (Å²) in [6.07, 6.45) is 5.27. The van der Waals surface area contributed by atoms with Crippen LogP contribution in [0.5, 0.6) is 0 Å². The predicted molar refractivity (Wildman–Crippen MR) is 168 cm³/mol. The van der Waals surface area contributed by atoms with Crippen LogP contribution in [-0.2, 0) is 14.9 Å². The van der Waals surface area contributed by atoms with Gasteiger partial charge in [0.2, 0.25) is 0 Å². The fourth-order valence-electron chi connectivity index (χ4n) is 6.22. The molecular formula is C35H43ClN2O3. The Kier molecular flexibility index (Phi) is 9.93. The monoisotopic (exact) mass is 574 g/mol. The van der Waals surface area contributed by atoms with Crippen LogP contribution in [0.15, 0.2) is 85.5 Å². The third kappa shape index (κ3) is 7.20. The highest BCUT2D eigenvalue weighted by Gasteiger charge is 2.46. The molecule has 218 valence electrons.